The van der Waals surface area contributed by atoms with Gasteiger partial charge in [-0.2, -0.15) is 9.38 Å². The Morgan fingerprint density at radius 2 is 2.40 bits per heavy atom. The van der Waals surface area contributed by atoms with Gasteiger partial charge < -0.3 is 20.1 Å². The van der Waals surface area contributed by atoms with Crippen molar-refractivity contribution in [2.45, 2.75) is 13.8 Å². The molecule has 0 saturated heterocycles. The number of imidazole rings is 1. The Labute approximate surface area is 118 Å². The first-order valence-corrected chi connectivity index (χ1v) is 6.91. The Hall–Kier alpha value is -2.16. The molecule has 0 fully saturated rings. The molecule has 0 aliphatic heterocycles. The van der Waals surface area contributed by atoms with Gasteiger partial charge in [0.15, 0.2) is 0 Å². The number of fused-ring (bicyclic) bond motifs is 1. The van der Waals surface area contributed by atoms with Gasteiger partial charge in [0.1, 0.15) is 6.20 Å². The number of carbonyl (C=O) groups is 1. The van der Waals surface area contributed by atoms with Gasteiger partial charge in [-0.3, -0.25) is 4.79 Å². The minimum absolute atomic E-state index is 0.124. The van der Waals surface area contributed by atoms with Crippen molar-refractivity contribution in [1.82, 2.24) is 9.38 Å². The molecule has 0 radical (unpaired) electrons. The lowest BCUT2D eigenvalue weighted by molar-refractivity contribution is -0.389. The van der Waals surface area contributed by atoms with Gasteiger partial charge in [0.2, 0.25) is 5.82 Å². The number of hydrogen-bond donors (Lipinski definition) is 1. The van der Waals surface area contributed by atoms with E-state index in [0.29, 0.717) is 11.5 Å². The lowest BCUT2D eigenvalue weighted by Gasteiger charge is -2.21. The number of carboxylic acids is 1. The second kappa shape index (κ2) is 5.45. The smallest absolute Gasteiger partial charge is 0.373 e. The predicted octanol–water partition coefficient (Wildman–Crippen LogP) is 1.85. The summed E-state index contributed by atoms with van der Waals surface area (Å²) in [5, 5.41) is 21.9. The van der Waals surface area contributed by atoms with Crippen molar-refractivity contribution in [1.29, 1.82) is 0 Å². The van der Waals surface area contributed by atoms with Gasteiger partial charge in [-0.05, 0) is 11.8 Å². The Bertz CT molecular complexity index is 650. The molecule has 0 spiro atoms. The monoisotopic (exact) mass is 298 g/mol. The molecule has 1 N–H and O–H groups in total. The van der Waals surface area contributed by atoms with Crippen LogP contribution in [0.4, 0.5) is 11.6 Å². The van der Waals surface area contributed by atoms with Crippen LogP contribution < -0.4 is 4.90 Å². The highest BCUT2D eigenvalue weighted by Gasteiger charge is 2.28. The first kappa shape index (κ1) is 14.3. The molecule has 2 rings (SSSR count). The van der Waals surface area contributed by atoms with Crippen LogP contribution in [0.3, 0.4) is 0 Å². The second-order valence-electron chi connectivity index (χ2n) is 4.35. The summed E-state index contributed by atoms with van der Waals surface area (Å²) in [5.41, 5.74) is 0. The average molecular weight is 298 g/mol. The summed E-state index contributed by atoms with van der Waals surface area (Å²) in [7, 11) is 0. The van der Waals surface area contributed by atoms with Crippen LogP contribution in [-0.4, -0.2) is 38.5 Å². The Morgan fingerprint density at radius 3 is 2.95 bits per heavy atom. The maximum atomic E-state index is 11.2. The van der Waals surface area contributed by atoms with Gasteiger partial charge in [0.25, 0.3) is 4.96 Å². The van der Waals surface area contributed by atoms with E-state index >= 15 is 0 Å². The first-order valence-electron chi connectivity index (χ1n) is 6.03. The largest absolute Gasteiger partial charge is 0.481 e. The van der Waals surface area contributed by atoms with Crippen LogP contribution in [0.1, 0.15) is 13.8 Å². The molecule has 0 aromatic carbocycles. The zero-order chi connectivity index (χ0) is 14.9. The molecule has 2 aromatic heterocycles. The van der Waals surface area contributed by atoms with E-state index in [1.807, 2.05) is 6.92 Å². The summed E-state index contributed by atoms with van der Waals surface area (Å²) < 4.78 is 1.41. The molecule has 8 nitrogen and oxygen atoms in total. The highest BCUT2D eigenvalue weighted by atomic mass is 32.1. The highest BCUT2D eigenvalue weighted by Crippen LogP contribution is 2.31. The van der Waals surface area contributed by atoms with Crippen molar-refractivity contribution in [3.05, 3.63) is 21.7 Å². The molecule has 2 heterocycles. The van der Waals surface area contributed by atoms with Crippen molar-refractivity contribution in [2.75, 3.05) is 18.0 Å². The molecule has 0 saturated carbocycles. The van der Waals surface area contributed by atoms with Crippen LogP contribution in [0.15, 0.2) is 11.6 Å². The minimum Gasteiger partial charge on any atom is -0.481 e. The van der Waals surface area contributed by atoms with E-state index in [1.54, 1.807) is 23.4 Å². The van der Waals surface area contributed by atoms with E-state index in [0.717, 1.165) is 0 Å². The molecule has 2 aromatic rings. The van der Waals surface area contributed by atoms with Gasteiger partial charge in [0.05, 0.1) is 5.92 Å². The fourth-order valence-electron chi connectivity index (χ4n) is 1.92. The van der Waals surface area contributed by atoms with Crippen molar-refractivity contribution in [3.8, 4) is 0 Å². The van der Waals surface area contributed by atoms with Crippen LogP contribution >= 0.6 is 11.3 Å². The maximum absolute atomic E-state index is 11.2. The second-order valence-corrected chi connectivity index (χ2v) is 5.22. The molecule has 0 aliphatic rings. The van der Waals surface area contributed by atoms with Crippen LogP contribution in [0, 0.1) is 16.0 Å². The molecule has 0 amide bonds. The number of aromatic nitrogens is 2. The molecule has 0 bridgehead atoms. The third-order valence-corrected chi connectivity index (χ3v) is 3.75. The summed E-state index contributed by atoms with van der Waals surface area (Å²) in [6.07, 6.45) is 1.59. The molecule has 1 atom stereocenters. The predicted molar refractivity (Wildman–Crippen MR) is 74.4 cm³/mol. The zero-order valence-electron chi connectivity index (χ0n) is 11.0. The Morgan fingerprint density at radius 1 is 1.70 bits per heavy atom. The van der Waals surface area contributed by atoms with E-state index < -0.39 is 16.8 Å². The number of rotatable bonds is 6. The van der Waals surface area contributed by atoms with Crippen molar-refractivity contribution in [3.63, 3.8) is 0 Å². The minimum atomic E-state index is -0.938. The van der Waals surface area contributed by atoms with Gasteiger partial charge >= 0.3 is 11.8 Å². The number of hydrogen-bond acceptors (Lipinski definition) is 6. The number of carboxylic acid groups (broad SMARTS) is 1. The van der Waals surface area contributed by atoms with Gasteiger partial charge in [-0.1, -0.05) is 18.3 Å². The average Bonchev–Trinajstić information content (AvgIpc) is 2.94. The maximum Gasteiger partial charge on any atom is 0.373 e. The number of anilines is 1. The van der Waals surface area contributed by atoms with Gasteiger partial charge in [-0.15, -0.1) is 0 Å². The summed E-state index contributed by atoms with van der Waals surface area (Å²) in [4.78, 5) is 28.1. The topological polar surface area (TPSA) is 101 Å². The zero-order valence-corrected chi connectivity index (χ0v) is 11.8. The van der Waals surface area contributed by atoms with Crippen LogP contribution in [0.2, 0.25) is 0 Å². The Kier molecular flexibility index (Phi) is 3.89. The first-order chi connectivity index (χ1) is 9.45. The number of aliphatic carboxylic acids is 1. The standard InChI is InChI=1S/C11H14N4O4S/c1-3-13(6-7(2)10(16)17)8-9(15(18)19)14-4-5-20-11(14)12-8/h4-5,7H,3,6H2,1-2H3,(H,16,17). The fraction of sp³-hybridized carbons (Fsp3) is 0.455. The lowest BCUT2D eigenvalue weighted by Crippen LogP contribution is -2.32. The van der Waals surface area contributed by atoms with Crippen LogP contribution in [0.25, 0.3) is 4.96 Å². The quantitative estimate of drug-likeness (QED) is 0.645. The van der Waals surface area contributed by atoms with E-state index in [4.69, 9.17) is 5.11 Å². The van der Waals surface area contributed by atoms with Crippen LogP contribution in [-0.2, 0) is 4.79 Å². The van der Waals surface area contributed by atoms with E-state index in [2.05, 4.69) is 4.98 Å². The molecule has 108 valence electrons. The third-order valence-electron chi connectivity index (χ3n) is 2.99. The lowest BCUT2D eigenvalue weighted by atomic mass is 10.1. The fourth-order valence-corrected chi connectivity index (χ4v) is 2.62. The van der Waals surface area contributed by atoms with Gasteiger partial charge in [-0.25, -0.2) is 0 Å². The summed E-state index contributed by atoms with van der Waals surface area (Å²) in [5.74, 6) is -1.47. The normalized spacial score (nSPS) is 12.5. The number of thiazole rings is 1. The van der Waals surface area contributed by atoms with E-state index in [9.17, 15) is 14.9 Å². The Balaban J connectivity index is 2.43. The van der Waals surface area contributed by atoms with Crippen molar-refractivity contribution in [2.24, 2.45) is 5.92 Å². The molecule has 20 heavy (non-hydrogen) atoms. The third kappa shape index (κ3) is 2.44. The molecule has 0 aliphatic carbocycles. The van der Waals surface area contributed by atoms with E-state index in [1.165, 1.54) is 15.7 Å². The van der Waals surface area contributed by atoms with Crippen LogP contribution in [0.5, 0.6) is 0 Å². The molecular formula is C11H14N4O4S. The molecule has 1 unspecified atom stereocenters. The van der Waals surface area contributed by atoms with Crippen molar-refractivity contribution >= 4 is 33.9 Å². The number of nitro groups is 1. The van der Waals surface area contributed by atoms with E-state index in [-0.39, 0.29) is 18.2 Å². The summed E-state index contributed by atoms with van der Waals surface area (Å²) in [6.45, 7) is 4.00. The molecule has 9 heteroatoms. The molecular weight excluding hydrogens is 284 g/mol. The highest BCUT2D eigenvalue weighted by molar-refractivity contribution is 7.15. The van der Waals surface area contributed by atoms with Crippen molar-refractivity contribution < 1.29 is 14.8 Å². The summed E-state index contributed by atoms with van der Waals surface area (Å²) >= 11 is 1.30. The van der Waals surface area contributed by atoms with Gasteiger partial charge in [0, 0.05) is 18.5 Å². The SMILES string of the molecule is CCN(CC(C)C(=O)O)c1nc2sccn2c1[N+](=O)[O-]. The number of nitrogens with zero attached hydrogens (tertiary/aromatic N) is 4. The summed E-state index contributed by atoms with van der Waals surface area (Å²) in [6, 6.07) is 0.